The Bertz CT molecular complexity index is 709. The van der Waals surface area contributed by atoms with Gasteiger partial charge in [0.2, 0.25) is 0 Å². The lowest BCUT2D eigenvalue weighted by Crippen LogP contribution is -2.06. The Morgan fingerprint density at radius 3 is 2.70 bits per heavy atom. The van der Waals surface area contributed by atoms with Gasteiger partial charge in [-0.1, -0.05) is 55.1 Å². The minimum absolute atomic E-state index is 0.648. The SMILES string of the molecule is CCSc1ncc2cccc(C(O)c3ccccc3)n12. The summed E-state index contributed by atoms with van der Waals surface area (Å²) in [6, 6.07) is 15.6. The van der Waals surface area contributed by atoms with Gasteiger partial charge in [-0.2, -0.15) is 0 Å². The molecule has 102 valence electrons. The maximum absolute atomic E-state index is 10.6. The summed E-state index contributed by atoms with van der Waals surface area (Å²) in [6.07, 6.45) is 1.20. The van der Waals surface area contributed by atoms with Crippen LogP contribution < -0.4 is 0 Å². The molecule has 2 heterocycles. The molecule has 0 aliphatic heterocycles. The van der Waals surface area contributed by atoms with Crippen LogP contribution >= 0.6 is 11.8 Å². The van der Waals surface area contributed by atoms with Crippen LogP contribution in [0.4, 0.5) is 0 Å². The van der Waals surface area contributed by atoms with E-state index in [0.29, 0.717) is 0 Å². The number of hydrogen-bond donors (Lipinski definition) is 1. The number of pyridine rings is 1. The third-order valence-electron chi connectivity index (χ3n) is 3.22. The van der Waals surface area contributed by atoms with Gasteiger partial charge < -0.3 is 5.11 Å². The van der Waals surface area contributed by atoms with E-state index in [-0.39, 0.29) is 0 Å². The fourth-order valence-corrected chi connectivity index (χ4v) is 3.02. The maximum atomic E-state index is 10.6. The third-order valence-corrected chi connectivity index (χ3v) is 4.05. The molecule has 0 saturated carbocycles. The van der Waals surface area contributed by atoms with Crippen LogP contribution in [0.5, 0.6) is 0 Å². The molecule has 3 aromatic rings. The molecule has 0 aliphatic rings. The third kappa shape index (κ3) is 2.32. The van der Waals surface area contributed by atoms with Crippen molar-refractivity contribution in [2.24, 2.45) is 0 Å². The molecule has 0 bridgehead atoms. The summed E-state index contributed by atoms with van der Waals surface area (Å²) in [5.41, 5.74) is 2.75. The fourth-order valence-electron chi connectivity index (χ4n) is 2.29. The van der Waals surface area contributed by atoms with Crippen molar-refractivity contribution in [1.29, 1.82) is 0 Å². The van der Waals surface area contributed by atoms with E-state index < -0.39 is 6.10 Å². The Hall–Kier alpha value is -1.78. The summed E-state index contributed by atoms with van der Waals surface area (Å²) in [6.45, 7) is 2.10. The predicted octanol–water partition coefficient (Wildman–Crippen LogP) is 3.53. The second-order valence-electron chi connectivity index (χ2n) is 4.50. The number of aliphatic hydroxyl groups is 1. The van der Waals surface area contributed by atoms with Gasteiger partial charge in [-0.05, 0) is 23.4 Å². The largest absolute Gasteiger partial charge is 0.382 e. The van der Waals surface area contributed by atoms with E-state index in [0.717, 1.165) is 27.7 Å². The van der Waals surface area contributed by atoms with Crippen LogP contribution in [0.25, 0.3) is 5.52 Å². The molecule has 1 aromatic carbocycles. The van der Waals surface area contributed by atoms with Gasteiger partial charge in [0.1, 0.15) is 6.10 Å². The molecule has 0 saturated heterocycles. The zero-order chi connectivity index (χ0) is 13.9. The molecule has 1 unspecified atom stereocenters. The molecule has 1 atom stereocenters. The number of nitrogens with zero attached hydrogens (tertiary/aromatic N) is 2. The zero-order valence-corrected chi connectivity index (χ0v) is 12.0. The number of aromatic nitrogens is 2. The van der Waals surface area contributed by atoms with Gasteiger partial charge in [0, 0.05) is 0 Å². The van der Waals surface area contributed by atoms with Gasteiger partial charge in [0.05, 0.1) is 17.4 Å². The predicted molar refractivity (Wildman–Crippen MR) is 82.1 cm³/mol. The van der Waals surface area contributed by atoms with Crippen LogP contribution in [0.15, 0.2) is 59.9 Å². The molecule has 0 fully saturated rings. The van der Waals surface area contributed by atoms with Crippen LogP contribution in [0, 0.1) is 0 Å². The van der Waals surface area contributed by atoms with Gasteiger partial charge in [-0.15, -0.1) is 0 Å². The first-order valence-electron chi connectivity index (χ1n) is 6.63. The molecule has 20 heavy (non-hydrogen) atoms. The Balaban J connectivity index is 2.13. The van der Waals surface area contributed by atoms with Crippen molar-refractivity contribution in [3.8, 4) is 0 Å². The van der Waals surface area contributed by atoms with E-state index in [4.69, 9.17) is 0 Å². The van der Waals surface area contributed by atoms with E-state index in [9.17, 15) is 5.11 Å². The molecule has 0 amide bonds. The fraction of sp³-hybridized carbons (Fsp3) is 0.188. The van der Waals surface area contributed by atoms with E-state index in [1.54, 1.807) is 11.8 Å². The van der Waals surface area contributed by atoms with Crippen LogP contribution in [-0.2, 0) is 0 Å². The summed E-state index contributed by atoms with van der Waals surface area (Å²) in [7, 11) is 0. The Morgan fingerprint density at radius 1 is 1.15 bits per heavy atom. The smallest absolute Gasteiger partial charge is 0.172 e. The average Bonchev–Trinajstić information content (AvgIpc) is 2.91. The minimum atomic E-state index is -0.648. The first kappa shape index (κ1) is 13.2. The van der Waals surface area contributed by atoms with Crippen molar-refractivity contribution in [2.45, 2.75) is 18.2 Å². The molecular weight excluding hydrogens is 268 g/mol. The summed E-state index contributed by atoms with van der Waals surface area (Å²) < 4.78 is 2.03. The number of benzene rings is 1. The number of aliphatic hydroxyl groups excluding tert-OH is 1. The van der Waals surface area contributed by atoms with Gasteiger partial charge in [0.15, 0.2) is 5.16 Å². The first-order chi connectivity index (χ1) is 9.81. The molecule has 2 aromatic heterocycles. The summed E-state index contributed by atoms with van der Waals surface area (Å²) in [5.74, 6) is 0.953. The second-order valence-corrected chi connectivity index (χ2v) is 5.73. The van der Waals surface area contributed by atoms with Crippen LogP contribution in [0.1, 0.15) is 24.3 Å². The topological polar surface area (TPSA) is 37.5 Å². The maximum Gasteiger partial charge on any atom is 0.172 e. The Labute approximate surface area is 122 Å². The van der Waals surface area contributed by atoms with E-state index in [2.05, 4.69) is 11.9 Å². The number of hydrogen-bond acceptors (Lipinski definition) is 3. The van der Waals surface area contributed by atoms with Crippen LogP contribution in [0.2, 0.25) is 0 Å². The molecule has 3 rings (SSSR count). The summed E-state index contributed by atoms with van der Waals surface area (Å²) in [5, 5.41) is 11.6. The summed E-state index contributed by atoms with van der Waals surface area (Å²) >= 11 is 1.68. The number of thioether (sulfide) groups is 1. The van der Waals surface area contributed by atoms with Crippen molar-refractivity contribution < 1.29 is 5.11 Å². The Kier molecular flexibility index (Phi) is 3.76. The van der Waals surface area contributed by atoms with Crippen molar-refractivity contribution in [3.63, 3.8) is 0 Å². The lowest BCUT2D eigenvalue weighted by atomic mass is 10.1. The van der Waals surface area contributed by atoms with Crippen molar-refractivity contribution in [2.75, 3.05) is 5.75 Å². The van der Waals surface area contributed by atoms with Crippen molar-refractivity contribution >= 4 is 17.3 Å². The van der Waals surface area contributed by atoms with Crippen LogP contribution in [0.3, 0.4) is 0 Å². The highest BCUT2D eigenvalue weighted by Crippen LogP contribution is 2.27. The van der Waals surface area contributed by atoms with E-state index in [1.807, 2.05) is 59.1 Å². The summed E-state index contributed by atoms with van der Waals surface area (Å²) in [4.78, 5) is 4.44. The highest BCUT2D eigenvalue weighted by Gasteiger charge is 2.16. The number of imidazole rings is 1. The van der Waals surface area contributed by atoms with E-state index in [1.165, 1.54) is 0 Å². The highest BCUT2D eigenvalue weighted by molar-refractivity contribution is 7.99. The van der Waals surface area contributed by atoms with Crippen LogP contribution in [-0.4, -0.2) is 20.2 Å². The first-order valence-corrected chi connectivity index (χ1v) is 7.62. The normalized spacial score (nSPS) is 12.7. The highest BCUT2D eigenvalue weighted by atomic mass is 32.2. The van der Waals surface area contributed by atoms with Crippen molar-refractivity contribution in [3.05, 3.63) is 66.0 Å². The standard InChI is InChI=1S/C16H16N2OS/c1-2-20-16-17-11-13-9-6-10-14(18(13)16)15(19)12-7-4-3-5-8-12/h3-11,15,19H,2H2,1H3. The minimum Gasteiger partial charge on any atom is -0.382 e. The number of rotatable bonds is 4. The zero-order valence-electron chi connectivity index (χ0n) is 11.2. The van der Waals surface area contributed by atoms with Gasteiger partial charge in [0.25, 0.3) is 0 Å². The lowest BCUT2D eigenvalue weighted by molar-refractivity contribution is 0.213. The molecule has 0 aliphatic carbocycles. The van der Waals surface area contributed by atoms with Gasteiger partial charge in [-0.3, -0.25) is 4.40 Å². The molecule has 0 spiro atoms. The molecule has 0 radical (unpaired) electrons. The van der Waals surface area contributed by atoms with Gasteiger partial charge >= 0.3 is 0 Å². The molecule has 3 nitrogen and oxygen atoms in total. The lowest BCUT2D eigenvalue weighted by Gasteiger charge is -2.15. The second kappa shape index (κ2) is 5.69. The molecule has 1 N–H and O–H groups in total. The number of fused-ring (bicyclic) bond motifs is 1. The van der Waals surface area contributed by atoms with E-state index >= 15 is 0 Å². The van der Waals surface area contributed by atoms with Gasteiger partial charge in [-0.25, -0.2) is 4.98 Å². The monoisotopic (exact) mass is 284 g/mol. The van der Waals surface area contributed by atoms with Crippen molar-refractivity contribution in [1.82, 2.24) is 9.38 Å². The quantitative estimate of drug-likeness (QED) is 0.745. The Morgan fingerprint density at radius 2 is 1.95 bits per heavy atom. The molecule has 4 heteroatoms. The molecular formula is C16H16N2OS. The average molecular weight is 284 g/mol.